The van der Waals surface area contributed by atoms with E-state index in [0.29, 0.717) is 37.2 Å². The highest BCUT2D eigenvalue weighted by molar-refractivity contribution is 5.82. The van der Waals surface area contributed by atoms with E-state index in [2.05, 4.69) is 6.58 Å². The van der Waals surface area contributed by atoms with E-state index in [9.17, 15) is 9.59 Å². The summed E-state index contributed by atoms with van der Waals surface area (Å²) in [6, 6.07) is 7.36. The second kappa shape index (κ2) is 7.60. The summed E-state index contributed by atoms with van der Waals surface area (Å²) in [5.74, 6) is 1.04. The minimum absolute atomic E-state index is 0.149. The van der Waals surface area contributed by atoms with Crippen molar-refractivity contribution in [2.45, 2.75) is 31.4 Å². The molecule has 1 heterocycles. The maximum atomic E-state index is 11.8. The largest absolute Gasteiger partial charge is 0.490 e. The van der Waals surface area contributed by atoms with Crippen LogP contribution in [-0.2, 0) is 25.5 Å². The molecule has 2 aliphatic rings. The van der Waals surface area contributed by atoms with Crippen LogP contribution < -0.4 is 10.5 Å². The highest BCUT2D eigenvalue weighted by Crippen LogP contribution is 2.49. The van der Waals surface area contributed by atoms with E-state index in [1.165, 1.54) is 11.1 Å². The Kier molecular flexibility index (Phi) is 5.44. The zero-order chi connectivity index (χ0) is 18.7. The van der Waals surface area contributed by atoms with E-state index in [4.69, 9.17) is 19.9 Å². The van der Waals surface area contributed by atoms with Gasteiger partial charge in [0.05, 0.1) is 19.3 Å². The number of epoxide rings is 1. The van der Waals surface area contributed by atoms with Crippen molar-refractivity contribution in [2.24, 2.45) is 17.6 Å². The SMILES string of the molecule is C=C1C(Cc2ccc(OCC3(C(=O)OCC)CO3)cc2)C1CC(N)C=O. The minimum Gasteiger partial charge on any atom is -0.490 e. The van der Waals surface area contributed by atoms with Gasteiger partial charge in [-0.25, -0.2) is 4.79 Å². The number of ether oxygens (including phenoxy) is 3. The summed E-state index contributed by atoms with van der Waals surface area (Å²) >= 11 is 0. The van der Waals surface area contributed by atoms with Gasteiger partial charge in [-0.05, 0) is 49.3 Å². The van der Waals surface area contributed by atoms with Crippen molar-refractivity contribution in [3.63, 3.8) is 0 Å². The summed E-state index contributed by atoms with van der Waals surface area (Å²) in [5, 5.41) is 0. The molecule has 1 aromatic carbocycles. The second-order valence-corrected chi connectivity index (χ2v) is 6.96. The zero-order valence-electron chi connectivity index (χ0n) is 15.0. The van der Waals surface area contributed by atoms with Crippen molar-refractivity contribution >= 4 is 12.3 Å². The van der Waals surface area contributed by atoms with Gasteiger partial charge in [0.15, 0.2) is 0 Å². The topological polar surface area (TPSA) is 91.2 Å². The molecular formula is C20H25NO5. The Morgan fingerprint density at radius 2 is 2.12 bits per heavy atom. The van der Waals surface area contributed by atoms with Crippen molar-refractivity contribution in [3.05, 3.63) is 42.0 Å². The van der Waals surface area contributed by atoms with Gasteiger partial charge < -0.3 is 24.7 Å². The second-order valence-electron chi connectivity index (χ2n) is 6.96. The molecule has 4 unspecified atom stereocenters. The number of carbonyl (C=O) groups excluding carboxylic acids is 2. The smallest absolute Gasteiger partial charge is 0.344 e. The summed E-state index contributed by atoms with van der Waals surface area (Å²) in [4.78, 5) is 22.5. The summed E-state index contributed by atoms with van der Waals surface area (Å²) in [7, 11) is 0. The summed E-state index contributed by atoms with van der Waals surface area (Å²) in [5.41, 5.74) is 7.10. The van der Waals surface area contributed by atoms with Crippen LogP contribution in [0, 0.1) is 11.8 Å². The van der Waals surface area contributed by atoms with Crippen molar-refractivity contribution in [2.75, 3.05) is 19.8 Å². The zero-order valence-corrected chi connectivity index (χ0v) is 15.0. The highest BCUT2D eigenvalue weighted by atomic mass is 16.7. The van der Waals surface area contributed by atoms with Crippen molar-refractivity contribution < 1.29 is 23.8 Å². The third-order valence-electron chi connectivity index (χ3n) is 5.02. The molecule has 6 heteroatoms. The molecule has 2 N–H and O–H groups in total. The fourth-order valence-electron chi connectivity index (χ4n) is 3.17. The molecule has 0 radical (unpaired) electrons. The average Bonchev–Trinajstić information content (AvgIpc) is 3.55. The van der Waals surface area contributed by atoms with Gasteiger partial charge in [-0.2, -0.15) is 0 Å². The number of hydrogen-bond acceptors (Lipinski definition) is 6. The van der Waals surface area contributed by atoms with Gasteiger partial charge in [-0.3, -0.25) is 0 Å². The lowest BCUT2D eigenvalue weighted by Crippen LogP contribution is -2.33. The normalized spacial score (nSPS) is 27.5. The summed E-state index contributed by atoms with van der Waals surface area (Å²) in [6.07, 6.45) is 2.34. The first kappa shape index (κ1) is 18.6. The molecule has 0 amide bonds. The first-order chi connectivity index (χ1) is 12.5. The highest BCUT2D eigenvalue weighted by Gasteiger charge is 2.55. The van der Waals surface area contributed by atoms with Crippen LogP contribution in [0.5, 0.6) is 5.75 Å². The number of esters is 1. The molecule has 1 saturated carbocycles. The molecular weight excluding hydrogens is 334 g/mol. The van der Waals surface area contributed by atoms with Crippen molar-refractivity contribution in [1.82, 2.24) is 0 Å². The van der Waals surface area contributed by atoms with E-state index in [1.54, 1.807) is 6.92 Å². The third kappa shape index (κ3) is 4.14. The number of allylic oxidation sites excluding steroid dienone is 1. The number of rotatable bonds is 10. The molecule has 1 aliphatic heterocycles. The molecule has 1 aliphatic carbocycles. The van der Waals surface area contributed by atoms with Gasteiger partial charge in [0.25, 0.3) is 0 Å². The summed E-state index contributed by atoms with van der Waals surface area (Å²) in [6.45, 7) is 6.64. The molecule has 26 heavy (non-hydrogen) atoms. The van der Waals surface area contributed by atoms with Gasteiger partial charge >= 0.3 is 5.97 Å². The average molecular weight is 359 g/mol. The lowest BCUT2D eigenvalue weighted by atomic mass is 10.0. The molecule has 0 spiro atoms. The molecule has 1 aromatic rings. The van der Waals surface area contributed by atoms with Crippen LogP contribution in [0.1, 0.15) is 18.9 Å². The molecule has 4 atom stereocenters. The van der Waals surface area contributed by atoms with Crippen LogP contribution in [0.25, 0.3) is 0 Å². The van der Waals surface area contributed by atoms with Gasteiger partial charge in [0.1, 0.15) is 18.6 Å². The maximum Gasteiger partial charge on any atom is 0.344 e. The molecule has 0 aromatic heterocycles. The van der Waals surface area contributed by atoms with Crippen LogP contribution in [0.2, 0.25) is 0 Å². The van der Waals surface area contributed by atoms with Gasteiger partial charge in [0.2, 0.25) is 5.60 Å². The fourth-order valence-corrected chi connectivity index (χ4v) is 3.17. The number of aldehydes is 1. The third-order valence-corrected chi connectivity index (χ3v) is 5.02. The van der Waals surface area contributed by atoms with Crippen LogP contribution in [0.3, 0.4) is 0 Å². The standard InChI is InChI=1S/C20H25NO5/c1-3-24-19(23)20(12-26-20)11-25-16-6-4-14(5-7-16)8-17-13(2)18(17)9-15(21)10-22/h4-7,10,15,17-18H,2-3,8-9,11-12,21H2,1H3. The lowest BCUT2D eigenvalue weighted by molar-refractivity contribution is -0.150. The van der Waals surface area contributed by atoms with E-state index in [-0.39, 0.29) is 12.6 Å². The molecule has 6 nitrogen and oxygen atoms in total. The van der Waals surface area contributed by atoms with Crippen LogP contribution >= 0.6 is 0 Å². The molecule has 140 valence electrons. The minimum atomic E-state index is -0.939. The summed E-state index contributed by atoms with van der Waals surface area (Å²) < 4.78 is 15.9. The Bertz CT molecular complexity index is 680. The monoisotopic (exact) mass is 359 g/mol. The van der Waals surface area contributed by atoms with E-state index >= 15 is 0 Å². The number of hydrogen-bond donors (Lipinski definition) is 1. The predicted octanol–water partition coefficient (Wildman–Crippen LogP) is 1.66. The molecule has 3 rings (SSSR count). The Morgan fingerprint density at radius 3 is 2.69 bits per heavy atom. The van der Waals surface area contributed by atoms with Gasteiger partial charge in [-0.15, -0.1) is 0 Å². The van der Waals surface area contributed by atoms with Crippen LogP contribution in [0.15, 0.2) is 36.4 Å². The van der Waals surface area contributed by atoms with E-state index < -0.39 is 11.6 Å². The molecule has 0 bridgehead atoms. The first-order valence-electron chi connectivity index (χ1n) is 8.91. The number of benzene rings is 1. The van der Waals surface area contributed by atoms with E-state index in [1.807, 2.05) is 24.3 Å². The van der Waals surface area contributed by atoms with Crippen molar-refractivity contribution in [3.8, 4) is 5.75 Å². The Balaban J connectivity index is 1.48. The Hall–Kier alpha value is -2.18. The Morgan fingerprint density at radius 1 is 1.42 bits per heavy atom. The Labute approximate surface area is 153 Å². The lowest BCUT2D eigenvalue weighted by Gasteiger charge is -2.12. The van der Waals surface area contributed by atoms with Crippen LogP contribution in [0.4, 0.5) is 0 Å². The first-order valence-corrected chi connectivity index (χ1v) is 8.91. The predicted molar refractivity (Wildman–Crippen MR) is 95.7 cm³/mol. The van der Waals surface area contributed by atoms with Gasteiger partial charge in [0, 0.05) is 0 Å². The molecule has 2 fully saturated rings. The van der Waals surface area contributed by atoms with Crippen LogP contribution in [-0.4, -0.2) is 43.7 Å². The van der Waals surface area contributed by atoms with Crippen molar-refractivity contribution in [1.29, 1.82) is 0 Å². The maximum absolute atomic E-state index is 11.8. The van der Waals surface area contributed by atoms with E-state index in [0.717, 1.165) is 12.7 Å². The quantitative estimate of drug-likeness (QED) is 0.296. The number of carbonyl (C=O) groups is 2. The molecule has 1 saturated heterocycles. The van der Waals surface area contributed by atoms with Gasteiger partial charge in [-0.1, -0.05) is 24.3 Å². The fraction of sp³-hybridized carbons (Fsp3) is 0.500. The number of nitrogens with two attached hydrogens (primary N) is 1.